The molecule has 1 amide bonds. The fourth-order valence-electron chi connectivity index (χ4n) is 1.71. The molecule has 0 aliphatic carbocycles. The van der Waals surface area contributed by atoms with Crippen molar-refractivity contribution in [3.05, 3.63) is 23.3 Å². The van der Waals surface area contributed by atoms with Gasteiger partial charge in [0.1, 0.15) is 11.7 Å². The van der Waals surface area contributed by atoms with Crippen LogP contribution in [0.5, 0.6) is 0 Å². The third-order valence-corrected chi connectivity index (χ3v) is 2.75. The van der Waals surface area contributed by atoms with Gasteiger partial charge in [-0.3, -0.25) is 4.79 Å². The molecule has 0 radical (unpaired) electrons. The average molecular weight is 226 g/mol. The molecule has 0 saturated carbocycles. The van der Waals surface area contributed by atoms with Crippen LogP contribution in [0.2, 0.25) is 0 Å². The van der Waals surface area contributed by atoms with Crippen LogP contribution in [0.15, 0.2) is 6.20 Å². The lowest BCUT2D eigenvalue weighted by atomic mass is 10.1. The molecular weight excluding hydrogens is 214 g/mol. The Bertz CT molecular complexity index is 394. The Kier molecular flexibility index (Phi) is 2.86. The minimum atomic E-state index is -0.0251. The Labute approximate surface area is 93.3 Å². The lowest BCUT2D eigenvalue weighted by Crippen LogP contribution is -2.37. The number of carbonyl (C=O) groups is 1. The number of rotatable bonds is 1. The predicted molar refractivity (Wildman–Crippen MR) is 56.6 cm³/mol. The second kappa shape index (κ2) is 4.14. The van der Waals surface area contributed by atoms with Gasteiger partial charge in [-0.2, -0.15) is 0 Å². The number of nitrogens with zero attached hydrogens (tertiary/aromatic N) is 3. The number of aryl methyl sites for hydroxylation is 1. The molecule has 0 unspecified atom stereocenters. The summed E-state index contributed by atoms with van der Waals surface area (Å²) in [4.78, 5) is 21.6. The van der Waals surface area contributed by atoms with Gasteiger partial charge in [0.15, 0.2) is 0 Å². The van der Waals surface area contributed by atoms with Crippen molar-refractivity contribution in [2.45, 2.75) is 19.9 Å². The maximum absolute atomic E-state index is 11.4. The summed E-state index contributed by atoms with van der Waals surface area (Å²) in [6, 6.07) is 0. The molecule has 2 rings (SSSR count). The van der Waals surface area contributed by atoms with Gasteiger partial charge >= 0.3 is 0 Å². The predicted octanol–water partition coefficient (Wildman–Crippen LogP) is 0.909. The largest absolute Gasteiger partial charge is 0.337 e. The van der Waals surface area contributed by atoms with Gasteiger partial charge in [0.25, 0.3) is 0 Å². The molecule has 0 saturated heterocycles. The summed E-state index contributed by atoms with van der Waals surface area (Å²) < 4.78 is 0. The van der Waals surface area contributed by atoms with E-state index in [1.54, 1.807) is 11.1 Å². The van der Waals surface area contributed by atoms with Crippen LogP contribution in [-0.2, 0) is 17.8 Å². The van der Waals surface area contributed by atoms with Crippen LogP contribution in [-0.4, -0.2) is 33.2 Å². The third kappa shape index (κ3) is 2.09. The van der Waals surface area contributed by atoms with E-state index in [4.69, 9.17) is 11.6 Å². The SMILES string of the molecule is Cc1ncc2c(n1)CCN(C(=O)CCl)C2. The zero-order valence-electron chi connectivity index (χ0n) is 8.53. The van der Waals surface area contributed by atoms with Crippen molar-refractivity contribution in [3.8, 4) is 0 Å². The van der Waals surface area contributed by atoms with E-state index in [9.17, 15) is 4.79 Å². The highest BCUT2D eigenvalue weighted by Crippen LogP contribution is 2.16. The first-order valence-electron chi connectivity index (χ1n) is 4.86. The third-order valence-electron chi connectivity index (χ3n) is 2.52. The Morgan fingerprint density at radius 2 is 2.47 bits per heavy atom. The normalized spacial score (nSPS) is 14.9. The Morgan fingerprint density at radius 3 is 3.20 bits per heavy atom. The fourth-order valence-corrected chi connectivity index (χ4v) is 1.88. The van der Waals surface area contributed by atoms with E-state index in [0.717, 1.165) is 23.5 Å². The highest BCUT2D eigenvalue weighted by Gasteiger charge is 2.20. The topological polar surface area (TPSA) is 46.1 Å². The standard InChI is InChI=1S/C10H12ClN3O/c1-7-12-5-8-6-14(10(15)4-11)3-2-9(8)13-7/h5H,2-4,6H2,1H3. The molecule has 15 heavy (non-hydrogen) atoms. The fraction of sp³-hybridized carbons (Fsp3) is 0.500. The molecule has 0 fully saturated rings. The van der Waals surface area contributed by atoms with Crippen molar-refractivity contribution in [2.75, 3.05) is 12.4 Å². The van der Waals surface area contributed by atoms with E-state index in [-0.39, 0.29) is 11.8 Å². The molecule has 0 aromatic carbocycles. The maximum Gasteiger partial charge on any atom is 0.237 e. The number of carbonyl (C=O) groups excluding carboxylic acids is 1. The summed E-state index contributed by atoms with van der Waals surface area (Å²) in [7, 11) is 0. The van der Waals surface area contributed by atoms with E-state index in [0.29, 0.717) is 13.1 Å². The zero-order valence-corrected chi connectivity index (χ0v) is 9.29. The minimum absolute atomic E-state index is 0.0251. The smallest absolute Gasteiger partial charge is 0.237 e. The number of hydrogen-bond acceptors (Lipinski definition) is 3. The zero-order chi connectivity index (χ0) is 10.8. The molecule has 0 bridgehead atoms. The molecule has 1 aromatic rings. The van der Waals surface area contributed by atoms with Crippen molar-refractivity contribution >= 4 is 17.5 Å². The quantitative estimate of drug-likeness (QED) is 0.668. The first-order chi connectivity index (χ1) is 7.20. The molecule has 1 aliphatic heterocycles. The molecule has 1 aliphatic rings. The summed E-state index contributed by atoms with van der Waals surface area (Å²) in [5, 5.41) is 0. The van der Waals surface area contributed by atoms with Crippen molar-refractivity contribution in [1.82, 2.24) is 14.9 Å². The lowest BCUT2D eigenvalue weighted by molar-refractivity contribution is -0.129. The van der Waals surface area contributed by atoms with E-state index in [1.165, 1.54) is 0 Å². The Morgan fingerprint density at radius 1 is 1.67 bits per heavy atom. The second-order valence-electron chi connectivity index (χ2n) is 3.59. The number of fused-ring (bicyclic) bond motifs is 1. The molecule has 0 spiro atoms. The number of hydrogen-bond donors (Lipinski definition) is 0. The van der Waals surface area contributed by atoms with E-state index in [2.05, 4.69) is 9.97 Å². The van der Waals surface area contributed by atoms with Crippen LogP contribution in [0.25, 0.3) is 0 Å². The van der Waals surface area contributed by atoms with Gasteiger partial charge in [0, 0.05) is 31.3 Å². The number of halogens is 1. The molecule has 5 heteroatoms. The first kappa shape index (κ1) is 10.4. The van der Waals surface area contributed by atoms with Crippen LogP contribution >= 0.6 is 11.6 Å². The van der Waals surface area contributed by atoms with Crippen molar-refractivity contribution in [3.63, 3.8) is 0 Å². The van der Waals surface area contributed by atoms with Crippen LogP contribution in [0.4, 0.5) is 0 Å². The van der Waals surface area contributed by atoms with Crippen molar-refractivity contribution in [2.24, 2.45) is 0 Å². The van der Waals surface area contributed by atoms with E-state index < -0.39 is 0 Å². The van der Waals surface area contributed by atoms with E-state index >= 15 is 0 Å². The summed E-state index contributed by atoms with van der Waals surface area (Å²) >= 11 is 5.52. The van der Waals surface area contributed by atoms with Gasteiger partial charge in [-0.25, -0.2) is 9.97 Å². The van der Waals surface area contributed by atoms with Gasteiger partial charge in [-0.15, -0.1) is 11.6 Å². The molecule has 0 atom stereocenters. The number of aromatic nitrogens is 2. The molecule has 0 N–H and O–H groups in total. The van der Waals surface area contributed by atoms with Gasteiger partial charge in [-0.1, -0.05) is 0 Å². The highest BCUT2D eigenvalue weighted by molar-refractivity contribution is 6.27. The molecular formula is C10H12ClN3O. The van der Waals surface area contributed by atoms with Crippen LogP contribution in [0.1, 0.15) is 17.1 Å². The maximum atomic E-state index is 11.4. The first-order valence-corrected chi connectivity index (χ1v) is 5.39. The van der Waals surface area contributed by atoms with Crippen molar-refractivity contribution < 1.29 is 4.79 Å². The van der Waals surface area contributed by atoms with Gasteiger partial charge in [0.05, 0.1) is 5.69 Å². The number of alkyl halides is 1. The van der Waals surface area contributed by atoms with Gasteiger partial charge in [0.2, 0.25) is 5.91 Å². The molecule has 80 valence electrons. The second-order valence-corrected chi connectivity index (χ2v) is 3.86. The van der Waals surface area contributed by atoms with E-state index in [1.807, 2.05) is 6.92 Å². The summed E-state index contributed by atoms with van der Waals surface area (Å²) in [5.41, 5.74) is 2.09. The summed E-state index contributed by atoms with van der Waals surface area (Å²) in [6.07, 6.45) is 2.59. The van der Waals surface area contributed by atoms with Crippen LogP contribution < -0.4 is 0 Å². The number of amides is 1. The summed E-state index contributed by atoms with van der Waals surface area (Å²) in [5.74, 6) is 0.802. The average Bonchev–Trinajstić information content (AvgIpc) is 2.27. The van der Waals surface area contributed by atoms with Crippen LogP contribution in [0, 0.1) is 6.92 Å². The van der Waals surface area contributed by atoms with Gasteiger partial charge in [-0.05, 0) is 6.92 Å². The van der Waals surface area contributed by atoms with Crippen molar-refractivity contribution in [1.29, 1.82) is 0 Å². The molecule has 1 aromatic heterocycles. The molecule has 4 nitrogen and oxygen atoms in total. The minimum Gasteiger partial charge on any atom is -0.337 e. The lowest BCUT2D eigenvalue weighted by Gasteiger charge is -2.27. The van der Waals surface area contributed by atoms with Gasteiger partial charge < -0.3 is 4.90 Å². The highest BCUT2D eigenvalue weighted by atomic mass is 35.5. The molecule has 2 heterocycles. The van der Waals surface area contributed by atoms with Crippen LogP contribution in [0.3, 0.4) is 0 Å². The Hall–Kier alpha value is -1.16. The Balaban J connectivity index is 2.20. The summed E-state index contributed by atoms with van der Waals surface area (Å²) in [6.45, 7) is 3.16. The monoisotopic (exact) mass is 225 g/mol.